The summed E-state index contributed by atoms with van der Waals surface area (Å²) >= 11 is 0. The number of piperidine rings is 1. The van der Waals surface area contributed by atoms with Crippen molar-refractivity contribution < 1.29 is 9.22 Å². The number of rotatable bonds is 8. The number of pyridine rings is 1. The van der Waals surface area contributed by atoms with Crippen LogP contribution in [0.4, 0.5) is 0 Å². The van der Waals surface area contributed by atoms with Gasteiger partial charge in [0.05, 0.1) is 32.0 Å². The van der Waals surface area contributed by atoms with E-state index < -0.39 is 0 Å². The Morgan fingerprint density at radius 3 is 2.39 bits per heavy atom. The predicted octanol–water partition coefficient (Wildman–Crippen LogP) is 5.91. The summed E-state index contributed by atoms with van der Waals surface area (Å²) in [5.41, 5.74) is 5.61. The van der Waals surface area contributed by atoms with E-state index >= 15 is 0 Å². The van der Waals surface area contributed by atoms with Crippen LogP contribution in [0.1, 0.15) is 41.0 Å². The number of benzene rings is 2. The minimum atomic E-state index is 0.619. The first-order chi connectivity index (χ1) is 15.2. The lowest BCUT2D eigenvalue weighted by atomic mass is 9.84. The quantitative estimate of drug-likeness (QED) is 0.428. The molecule has 0 amide bonds. The van der Waals surface area contributed by atoms with Gasteiger partial charge in [-0.1, -0.05) is 54.6 Å². The van der Waals surface area contributed by atoms with Crippen LogP contribution >= 0.6 is 0 Å². The Labute approximate surface area is 186 Å². The lowest BCUT2D eigenvalue weighted by molar-refractivity contribution is -0.897. The van der Waals surface area contributed by atoms with Gasteiger partial charge in [0.1, 0.15) is 6.54 Å². The summed E-state index contributed by atoms with van der Waals surface area (Å²) in [6.45, 7) is 7.28. The maximum Gasteiger partial charge on any atom is 0.222 e. The average Bonchev–Trinajstić information content (AvgIpc) is 2.84. The fourth-order valence-corrected chi connectivity index (χ4v) is 4.95. The fraction of sp³-hybridized carbons (Fsp3) is 0.321. The molecule has 0 unspecified atom stereocenters. The van der Waals surface area contributed by atoms with Gasteiger partial charge >= 0.3 is 0 Å². The Morgan fingerprint density at radius 2 is 1.65 bits per heavy atom. The van der Waals surface area contributed by atoms with E-state index in [1.54, 1.807) is 18.9 Å². The van der Waals surface area contributed by atoms with Gasteiger partial charge in [-0.25, -0.2) is 4.98 Å². The Morgan fingerprint density at radius 1 is 0.935 bits per heavy atom. The molecule has 0 radical (unpaired) electrons. The Balaban J connectivity index is 1.45. The minimum absolute atomic E-state index is 0.619. The van der Waals surface area contributed by atoms with Crippen LogP contribution in [0.2, 0.25) is 0 Å². The first-order valence-electron chi connectivity index (χ1n) is 11.3. The van der Waals surface area contributed by atoms with E-state index in [0.29, 0.717) is 5.92 Å². The molecule has 2 heterocycles. The average molecular weight is 414 g/mol. The van der Waals surface area contributed by atoms with Crippen LogP contribution in [0.3, 0.4) is 0 Å². The van der Waals surface area contributed by atoms with Crippen molar-refractivity contribution in [1.82, 2.24) is 4.98 Å². The molecule has 1 fully saturated rings. The Hall–Kier alpha value is -2.91. The molecule has 3 heteroatoms. The second kappa shape index (κ2) is 9.93. The van der Waals surface area contributed by atoms with Crippen LogP contribution in [-0.4, -0.2) is 29.7 Å². The third kappa shape index (κ3) is 5.05. The molecule has 1 saturated heterocycles. The fourth-order valence-electron chi connectivity index (χ4n) is 4.95. The topological polar surface area (TPSA) is 22.1 Å². The number of likely N-dealkylation sites (tertiary alicyclic amines) is 1. The van der Waals surface area contributed by atoms with Crippen LogP contribution in [0, 0.1) is 0 Å². The summed E-state index contributed by atoms with van der Waals surface area (Å²) in [7, 11) is 1.70. The Bertz CT molecular complexity index is 991. The lowest BCUT2D eigenvalue weighted by Crippen LogP contribution is -2.47. The second-order valence-electron chi connectivity index (χ2n) is 8.64. The number of aromatic nitrogens is 1. The largest absolute Gasteiger partial charge is 0.481 e. The lowest BCUT2D eigenvalue weighted by Gasteiger charge is -2.41. The highest BCUT2D eigenvalue weighted by atomic mass is 16.5. The summed E-state index contributed by atoms with van der Waals surface area (Å²) in [5, 5.41) is 0. The molecule has 0 aliphatic carbocycles. The third-order valence-corrected chi connectivity index (χ3v) is 6.78. The van der Waals surface area contributed by atoms with Crippen LogP contribution < -0.4 is 4.74 Å². The van der Waals surface area contributed by atoms with Crippen LogP contribution in [-0.2, 0) is 19.4 Å². The molecule has 1 aliphatic rings. The molecule has 1 aliphatic heterocycles. The van der Waals surface area contributed by atoms with Crippen molar-refractivity contribution in [2.75, 3.05) is 20.2 Å². The van der Waals surface area contributed by atoms with Gasteiger partial charge in [-0.2, -0.15) is 0 Å². The first-order valence-corrected chi connectivity index (χ1v) is 11.3. The SMILES string of the molecule is C=C[N+]1(Cc2cccnc2OC)CCC(c2ccccc2CCc2ccccc2)CC1. The normalized spacial score (nSPS) is 20.9. The monoisotopic (exact) mass is 413 g/mol. The van der Waals surface area contributed by atoms with Gasteiger partial charge < -0.3 is 4.74 Å². The maximum absolute atomic E-state index is 5.49. The number of ether oxygens (including phenoxy) is 1. The number of hydrogen-bond donors (Lipinski definition) is 0. The molecule has 0 spiro atoms. The number of aryl methyl sites for hydroxylation is 2. The van der Waals surface area contributed by atoms with Crippen LogP contribution in [0.15, 0.2) is 85.7 Å². The van der Waals surface area contributed by atoms with E-state index in [0.717, 1.165) is 48.4 Å². The number of hydrogen-bond acceptors (Lipinski definition) is 2. The van der Waals surface area contributed by atoms with E-state index in [4.69, 9.17) is 4.74 Å². The molecule has 0 bridgehead atoms. The smallest absolute Gasteiger partial charge is 0.222 e. The second-order valence-corrected chi connectivity index (χ2v) is 8.64. The van der Waals surface area contributed by atoms with Gasteiger partial charge in [0.2, 0.25) is 5.88 Å². The Kier molecular flexibility index (Phi) is 6.83. The molecule has 4 rings (SSSR count). The standard InChI is InChI=1S/C28H33N2O/c1-3-30(22-26-13-9-19-29-28(26)31-2)20-17-25(18-21-30)27-14-8-7-12-24(27)16-15-23-10-5-4-6-11-23/h3-14,19,25H,1,15-18,20-22H2,2H3/q+1. The van der Waals surface area contributed by atoms with Crippen molar-refractivity contribution in [2.24, 2.45) is 0 Å². The van der Waals surface area contributed by atoms with E-state index in [9.17, 15) is 0 Å². The minimum Gasteiger partial charge on any atom is -0.481 e. The van der Waals surface area contributed by atoms with E-state index in [1.807, 2.05) is 6.07 Å². The molecule has 1 aromatic heterocycles. The summed E-state index contributed by atoms with van der Waals surface area (Å²) in [6.07, 6.45) is 8.47. The van der Waals surface area contributed by atoms with Crippen molar-refractivity contribution in [3.05, 3.63) is 108 Å². The maximum atomic E-state index is 5.49. The number of quaternary nitrogens is 1. The molecule has 3 aromatic rings. The molecule has 160 valence electrons. The van der Waals surface area contributed by atoms with Crippen LogP contribution in [0.5, 0.6) is 5.88 Å². The molecule has 0 N–H and O–H groups in total. The van der Waals surface area contributed by atoms with E-state index in [2.05, 4.69) is 78.4 Å². The summed E-state index contributed by atoms with van der Waals surface area (Å²) in [6, 6.07) is 24.0. The van der Waals surface area contributed by atoms with Gasteiger partial charge in [-0.05, 0) is 54.2 Å². The van der Waals surface area contributed by atoms with E-state index in [-0.39, 0.29) is 0 Å². The van der Waals surface area contributed by atoms with Gasteiger partial charge in [0.15, 0.2) is 0 Å². The van der Waals surface area contributed by atoms with Gasteiger partial charge in [-0.15, -0.1) is 0 Å². The van der Waals surface area contributed by atoms with Crippen LogP contribution in [0.25, 0.3) is 0 Å². The third-order valence-electron chi connectivity index (χ3n) is 6.78. The van der Waals surface area contributed by atoms with Gasteiger partial charge in [0.25, 0.3) is 0 Å². The highest BCUT2D eigenvalue weighted by Crippen LogP contribution is 2.36. The zero-order valence-electron chi connectivity index (χ0n) is 18.5. The zero-order chi connectivity index (χ0) is 21.5. The molecule has 2 aromatic carbocycles. The van der Waals surface area contributed by atoms with Crippen molar-refractivity contribution >= 4 is 0 Å². The molecule has 0 atom stereocenters. The molecule has 3 nitrogen and oxygen atoms in total. The highest BCUT2D eigenvalue weighted by Gasteiger charge is 2.34. The number of methoxy groups -OCH3 is 1. The van der Waals surface area contributed by atoms with Crippen molar-refractivity contribution in [3.63, 3.8) is 0 Å². The molecule has 0 saturated carbocycles. The van der Waals surface area contributed by atoms with Gasteiger partial charge in [0, 0.05) is 19.0 Å². The van der Waals surface area contributed by atoms with Crippen molar-refractivity contribution in [2.45, 2.75) is 38.1 Å². The highest BCUT2D eigenvalue weighted by molar-refractivity contribution is 5.32. The summed E-state index contributed by atoms with van der Waals surface area (Å²) < 4.78 is 6.38. The summed E-state index contributed by atoms with van der Waals surface area (Å²) in [5.74, 6) is 1.35. The van der Waals surface area contributed by atoms with E-state index in [1.165, 1.54) is 24.0 Å². The van der Waals surface area contributed by atoms with Crippen molar-refractivity contribution in [1.29, 1.82) is 0 Å². The predicted molar refractivity (Wildman–Crippen MR) is 127 cm³/mol. The summed E-state index contributed by atoms with van der Waals surface area (Å²) in [4.78, 5) is 4.38. The first kappa shape index (κ1) is 21.3. The molecule has 31 heavy (non-hydrogen) atoms. The molecular weight excluding hydrogens is 380 g/mol. The zero-order valence-corrected chi connectivity index (χ0v) is 18.5. The van der Waals surface area contributed by atoms with Crippen molar-refractivity contribution in [3.8, 4) is 5.88 Å². The van der Waals surface area contributed by atoms with Gasteiger partial charge in [-0.3, -0.25) is 4.48 Å². The molecular formula is C28H33N2O+. The number of nitrogens with zero attached hydrogens (tertiary/aromatic N) is 2.